The van der Waals surface area contributed by atoms with Crippen LogP contribution in [0.1, 0.15) is 33.8 Å². The minimum absolute atomic E-state index is 0.0486. The highest BCUT2D eigenvalue weighted by molar-refractivity contribution is 7.12. The zero-order chi connectivity index (χ0) is 22.9. The number of thiophene rings is 1. The highest BCUT2D eigenvalue weighted by Crippen LogP contribution is 2.41. The molecule has 4 rings (SSSR count). The number of carbonyl (C=O) groups excluding carboxylic acids is 2. The molecule has 0 saturated heterocycles. The van der Waals surface area contributed by atoms with Crippen LogP contribution in [0.3, 0.4) is 0 Å². The molecule has 1 aromatic heterocycles. The van der Waals surface area contributed by atoms with E-state index < -0.39 is 29.7 Å². The number of nitrogens with one attached hydrogen (secondary N) is 1. The maximum absolute atomic E-state index is 14.4. The lowest BCUT2D eigenvalue weighted by molar-refractivity contribution is -0.196. The van der Waals surface area contributed by atoms with Crippen LogP contribution in [0, 0.1) is 0 Å². The number of benzene rings is 2. The van der Waals surface area contributed by atoms with Crippen LogP contribution in [0.5, 0.6) is 0 Å². The van der Waals surface area contributed by atoms with Crippen molar-refractivity contribution < 1.29 is 22.8 Å². The Bertz CT molecular complexity index is 1150. The summed E-state index contributed by atoms with van der Waals surface area (Å²) in [7, 11) is 0. The summed E-state index contributed by atoms with van der Waals surface area (Å²) in [6, 6.07) is 19.0. The molecular weight excluding hydrogens is 439 g/mol. The van der Waals surface area contributed by atoms with E-state index in [1.54, 1.807) is 79.0 Å². The number of nitrogens with zero attached hydrogens (tertiary/aromatic N) is 2. The van der Waals surface area contributed by atoms with E-state index >= 15 is 0 Å². The molecule has 2 aromatic carbocycles. The van der Waals surface area contributed by atoms with E-state index in [1.807, 2.05) is 5.32 Å². The molecule has 5 nitrogen and oxygen atoms in total. The SMILES string of the molecule is CC(c1ccccc1)N1C(=O)C(NC(=O)c2cccs2)(C(F)(F)F)N=C1c1ccccc1. The van der Waals surface area contributed by atoms with Gasteiger partial charge >= 0.3 is 11.8 Å². The topological polar surface area (TPSA) is 61.8 Å². The summed E-state index contributed by atoms with van der Waals surface area (Å²) in [5.74, 6) is -2.53. The van der Waals surface area contributed by atoms with Gasteiger partial charge in [-0.15, -0.1) is 11.3 Å². The molecule has 2 amide bonds. The molecule has 0 bridgehead atoms. The number of alkyl halides is 3. The van der Waals surface area contributed by atoms with E-state index in [0.717, 1.165) is 16.2 Å². The van der Waals surface area contributed by atoms with Crippen molar-refractivity contribution >= 4 is 29.0 Å². The summed E-state index contributed by atoms with van der Waals surface area (Å²) in [6.45, 7) is 1.62. The van der Waals surface area contributed by atoms with Crippen LogP contribution < -0.4 is 5.32 Å². The lowest BCUT2D eigenvalue weighted by Crippen LogP contribution is -2.63. The monoisotopic (exact) mass is 457 g/mol. The van der Waals surface area contributed by atoms with E-state index in [-0.39, 0.29) is 10.7 Å². The fraction of sp³-hybridized carbons (Fsp3) is 0.174. The molecule has 1 aliphatic rings. The Morgan fingerprint density at radius 2 is 1.66 bits per heavy atom. The van der Waals surface area contributed by atoms with Gasteiger partial charge < -0.3 is 5.32 Å². The summed E-state index contributed by atoms with van der Waals surface area (Å²) in [5.41, 5.74) is -2.46. The Balaban J connectivity index is 1.86. The highest BCUT2D eigenvalue weighted by atomic mass is 32.1. The highest BCUT2D eigenvalue weighted by Gasteiger charge is 2.67. The van der Waals surface area contributed by atoms with Crippen molar-refractivity contribution in [1.82, 2.24) is 10.2 Å². The zero-order valence-electron chi connectivity index (χ0n) is 16.8. The number of halogens is 3. The van der Waals surface area contributed by atoms with Gasteiger partial charge in [-0.25, -0.2) is 4.99 Å². The lowest BCUT2D eigenvalue weighted by Gasteiger charge is -2.31. The van der Waals surface area contributed by atoms with E-state index in [9.17, 15) is 22.8 Å². The third-order valence-corrected chi connectivity index (χ3v) is 6.05. The second-order valence-corrected chi connectivity index (χ2v) is 8.15. The maximum atomic E-state index is 14.4. The van der Waals surface area contributed by atoms with Crippen LogP contribution in [-0.2, 0) is 4.79 Å². The number of carbonyl (C=O) groups is 2. The van der Waals surface area contributed by atoms with Crippen LogP contribution in [0.25, 0.3) is 0 Å². The fourth-order valence-electron chi connectivity index (χ4n) is 3.53. The van der Waals surface area contributed by atoms with Gasteiger partial charge in [-0.1, -0.05) is 66.7 Å². The number of amidine groups is 1. The van der Waals surface area contributed by atoms with Gasteiger partial charge in [-0.3, -0.25) is 14.5 Å². The average Bonchev–Trinajstić information content (AvgIpc) is 3.42. The normalized spacial score (nSPS) is 19.6. The lowest BCUT2D eigenvalue weighted by atomic mass is 10.0. The Morgan fingerprint density at radius 3 is 2.22 bits per heavy atom. The molecule has 0 aliphatic carbocycles. The summed E-state index contributed by atoms with van der Waals surface area (Å²) in [4.78, 5) is 31.0. The fourth-order valence-corrected chi connectivity index (χ4v) is 4.15. The van der Waals surface area contributed by atoms with Gasteiger partial charge in [-0.2, -0.15) is 13.2 Å². The van der Waals surface area contributed by atoms with Gasteiger partial charge in [0.25, 0.3) is 11.8 Å². The summed E-state index contributed by atoms with van der Waals surface area (Å²) in [6.07, 6.45) is -5.16. The molecule has 1 aliphatic heterocycles. The first kappa shape index (κ1) is 21.8. The summed E-state index contributed by atoms with van der Waals surface area (Å²) >= 11 is 0.973. The first-order valence-corrected chi connectivity index (χ1v) is 10.6. The molecule has 2 atom stereocenters. The second-order valence-electron chi connectivity index (χ2n) is 7.20. The number of hydrogen-bond donors (Lipinski definition) is 1. The van der Waals surface area contributed by atoms with E-state index in [0.29, 0.717) is 11.1 Å². The molecule has 1 N–H and O–H groups in total. The minimum Gasteiger partial charge on any atom is -0.311 e. The number of amides is 2. The predicted octanol–water partition coefficient (Wildman–Crippen LogP) is 4.79. The molecule has 0 radical (unpaired) electrons. The molecule has 2 heterocycles. The number of aliphatic imine (C=N–C) groups is 1. The van der Waals surface area contributed by atoms with Crippen LogP contribution in [0.15, 0.2) is 83.2 Å². The van der Waals surface area contributed by atoms with Crippen molar-refractivity contribution in [3.8, 4) is 0 Å². The predicted molar refractivity (Wildman–Crippen MR) is 115 cm³/mol. The molecule has 0 spiro atoms. The Hall–Kier alpha value is -3.46. The Kier molecular flexibility index (Phi) is 5.60. The molecule has 3 aromatic rings. The molecule has 0 saturated carbocycles. The van der Waals surface area contributed by atoms with Crippen LogP contribution in [0.2, 0.25) is 0 Å². The Labute approximate surface area is 186 Å². The van der Waals surface area contributed by atoms with Crippen molar-refractivity contribution in [1.29, 1.82) is 0 Å². The maximum Gasteiger partial charge on any atom is 0.442 e. The van der Waals surface area contributed by atoms with Crippen molar-refractivity contribution in [2.24, 2.45) is 4.99 Å². The van der Waals surface area contributed by atoms with Crippen molar-refractivity contribution in [3.05, 3.63) is 94.2 Å². The molecule has 32 heavy (non-hydrogen) atoms. The molecular formula is C23H18F3N3O2S. The summed E-state index contributed by atoms with van der Waals surface area (Å²) < 4.78 is 43.3. The first-order valence-electron chi connectivity index (χ1n) is 9.71. The van der Waals surface area contributed by atoms with E-state index in [4.69, 9.17) is 0 Å². The molecule has 9 heteroatoms. The van der Waals surface area contributed by atoms with Gasteiger partial charge in [0, 0.05) is 5.56 Å². The van der Waals surface area contributed by atoms with Gasteiger partial charge in [0.05, 0.1) is 10.9 Å². The van der Waals surface area contributed by atoms with Crippen molar-refractivity contribution in [3.63, 3.8) is 0 Å². The molecule has 2 unspecified atom stereocenters. The average molecular weight is 457 g/mol. The third-order valence-electron chi connectivity index (χ3n) is 5.18. The van der Waals surface area contributed by atoms with Crippen LogP contribution in [-0.4, -0.2) is 34.4 Å². The largest absolute Gasteiger partial charge is 0.442 e. The van der Waals surface area contributed by atoms with Gasteiger partial charge in [0.1, 0.15) is 5.84 Å². The quantitative estimate of drug-likeness (QED) is 0.599. The van der Waals surface area contributed by atoms with Crippen molar-refractivity contribution in [2.45, 2.75) is 24.8 Å². The van der Waals surface area contributed by atoms with Crippen molar-refractivity contribution in [2.75, 3.05) is 0 Å². The van der Waals surface area contributed by atoms with Gasteiger partial charge in [-0.05, 0) is 23.9 Å². The van der Waals surface area contributed by atoms with Gasteiger partial charge in [0.15, 0.2) is 0 Å². The van der Waals surface area contributed by atoms with E-state index in [2.05, 4.69) is 4.99 Å². The van der Waals surface area contributed by atoms with Crippen LogP contribution >= 0.6 is 11.3 Å². The molecule has 0 fully saturated rings. The minimum atomic E-state index is -5.16. The first-order chi connectivity index (χ1) is 15.2. The Morgan fingerprint density at radius 1 is 1.03 bits per heavy atom. The van der Waals surface area contributed by atoms with E-state index in [1.165, 1.54) is 6.07 Å². The third kappa shape index (κ3) is 3.69. The molecule has 164 valence electrons. The zero-order valence-corrected chi connectivity index (χ0v) is 17.7. The second kappa shape index (κ2) is 8.23. The number of rotatable bonds is 5. The smallest absolute Gasteiger partial charge is 0.311 e. The standard InChI is InChI=1S/C23H18F3N3O2S/c1-15(16-9-4-2-5-10-16)29-19(17-11-6-3-7-12-17)27-22(21(29)31,23(24,25)26)28-20(30)18-13-8-14-32-18/h2-15H,1H3,(H,28,30). The van der Waals surface area contributed by atoms with Gasteiger partial charge in [0.2, 0.25) is 0 Å². The summed E-state index contributed by atoms with van der Waals surface area (Å²) in [5, 5.41) is 3.45. The van der Waals surface area contributed by atoms with Crippen LogP contribution in [0.4, 0.5) is 13.2 Å². The number of hydrogen-bond acceptors (Lipinski definition) is 4.